The lowest BCUT2D eigenvalue weighted by molar-refractivity contribution is 0.0696. The van der Waals surface area contributed by atoms with Gasteiger partial charge in [0.2, 0.25) is 5.88 Å². The summed E-state index contributed by atoms with van der Waals surface area (Å²) in [5, 5.41) is 12.3. The molecule has 1 aliphatic rings. The van der Waals surface area contributed by atoms with Gasteiger partial charge in [-0.2, -0.15) is 0 Å². The highest BCUT2D eigenvalue weighted by molar-refractivity contribution is 5.87. The topological polar surface area (TPSA) is 71.5 Å². The number of carbonyl (C=O) groups is 1. The second kappa shape index (κ2) is 7.24. The van der Waals surface area contributed by atoms with Crippen LogP contribution in [0.1, 0.15) is 34.3 Å². The third-order valence-electron chi connectivity index (χ3n) is 3.79. The molecular formula is C18H20N2O3. The first-order valence-corrected chi connectivity index (χ1v) is 7.81. The van der Waals surface area contributed by atoms with Gasteiger partial charge in [-0.1, -0.05) is 18.2 Å². The van der Waals surface area contributed by atoms with Crippen LogP contribution in [0.25, 0.3) is 0 Å². The molecule has 0 bridgehead atoms. The molecule has 1 fully saturated rings. The number of pyridine rings is 1. The van der Waals surface area contributed by atoms with Gasteiger partial charge in [0.1, 0.15) is 0 Å². The molecular weight excluding hydrogens is 292 g/mol. The number of carboxylic acids is 1. The van der Waals surface area contributed by atoms with Crippen molar-refractivity contribution < 1.29 is 14.6 Å². The highest BCUT2D eigenvalue weighted by atomic mass is 16.5. The molecule has 3 rings (SSSR count). The fraction of sp³-hybridized carbons (Fsp3) is 0.333. The summed E-state index contributed by atoms with van der Waals surface area (Å²) in [5.74, 6) is 0.493. The van der Waals surface area contributed by atoms with Crippen LogP contribution >= 0.6 is 0 Å². The lowest BCUT2D eigenvalue weighted by atomic mass is 10.1. The van der Waals surface area contributed by atoms with Crippen LogP contribution < -0.4 is 10.1 Å². The molecule has 0 saturated heterocycles. The lowest BCUT2D eigenvalue weighted by Gasteiger charge is -2.07. The largest absolute Gasteiger partial charge is 0.478 e. The Hall–Kier alpha value is -2.40. The molecule has 0 atom stereocenters. The molecule has 1 heterocycles. The van der Waals surface area contributed by atoms with Crippen molar-refractivity contribution >= 4 is 5.97 Å². The van der Waals surface area contributed by atoms with E-state index in [2.05, 4.69) is 10.3 Å². The molecule has 5 nitrogen and oxygen atoms in total. The zero-order valence-electron chi connectivity index (χ0n) is 12.9. The quantitative estimate of drug-likeness (QED) is 0.784. The Bertz CT molecular complexity index is 666. The van der Waals surface area contributed by atoms with Gasteiger partial charge in [-0.25, -0.2) is 9.78 Å². The number of aromatic nitrogens is 1. The van der Waals surface area contributed by atoms with Crippen molar-refractivity contribution in [1.82, 2.24) is 10.3 Å². The molecule has 0 unspecified atom stereocenters. The van der Waals surface area contributed by atoms with Crippen LogP contribution in [0.2, 0.25) is 0 Å². The highest BCUT2D eigenvalue weighted by Crippen LogP contribution is 2.29. The highest BCUT2D eigenvalue weighted by Gasteiger charge is 2.21. The SMILES string of the molecule is O=C(O)c1cccc(CNCc2ccc(OCC3CC3)nc2)c1. The second-order valence-electron chi connectivity index (χ2n) is 5.87. The maximum atomic E-state index is 10.9. The summed E-state index contributed by atoms with van der Waals surface area (Å²) < 4.78 is 5.61. The van der Waals surface area contributed by atoms with E-state index >= 15 is 0 Å². The number of carboxylic acid groups (broad SMARTS) is 1. The predicted molar refractivity (Wildman–Crippen MR) is 86.4 cm³/mol. The molecule has 0 amide bonds. The minimum atomic E-state index is -0.905. The molecule has 5 heteroatoms. The molecule has 23 heavy (non-hydrogen) atoms. The summed E-state index contributed by atoms with van der Waals surface area (Å²) in [6.07, 6.45) is 4.35. The van der Waals surface area contributed by atoms with Gasteiger partial charge in [0.15, 0.2) is 0 Å². The summed E-state index contributed by atoms with van der Waals surface area (Å²) in [7, 11) is 0. The van der Waals surface area contributed by atoms with Crippen LogP contribution in [0.5, 0.6) is 5.88 Å². The van der Waals surface area contributed by atoms with Gasteiger partial charge in [0.05, 0.1) is 12.2 Å². The first-order chi connectivity index (χ1) is 11.2. The van der Waals surface area contributed by atoms with E-state index in [-0.39, 0.29) is 0 Å². The van der Waals surface area contributed by atoms with Crippen molar-refractivity contribution in [2.24, 2.45) is 5.92 Å². The molecule has 0 spiro atoms. The van der Waals surface area contributed by atoms with Crippen LogP contribution in [0.3, 0.4) is 0 Å². The second-order valence-corrected chi connectivity index (χ2v) is 5.87. The van der Waals surface area contributed by atoms with Crippen molar-refractivity contribution in [3.63, 3.8) is 0 Å². The number of hydrogen-bond donors (Lipinski definition) is 2. The molecule has 0 aliphatic heterocycles. The van der Waals surface area contributed by atoms with Crippen LogP contribution in [0.15, 0.2) is 42.6 Å². The van der Waals surface area contributed by atoms with Crippen molar-refractivity contribution in [3.8, 4) is 5.88 Å². The van der Waals surface area contributed by atoms with Gasteiger partial charge in [0, 0.05) is 25.4 Å². The smallest absolute Gasteiger partial charge is 0.335 e. The summed E-state index contributed by atoms with van der Waals surface area (Å²) in [4.78, 5) is 15.2. The van der Waals surface area contributed by atoms with Crippen molar-refractivity contribution in [2.75, 3.05) is 6.61 Å². The zero-order valence-corrected chi connectivity index (χ0v) is 12.9. The monoisotopic (exact) mass is 312 g/mol. The van der Waals surface area contributed by atoms with E-state index in [0.717, 1.165) is 23.7 Å². The Morgan fingerprint density at radius 3 is 2.74 bits per heavy atom. The van der Waals surface area contributed by atoms with Gasteiger partial charge >= 0.3 is 5.97 Å². The molecule has 120 valence electrons. The molecule has 2 aromatic rings. The van der Waals surface area contributed by atoms with Gasteiger partial charge in [-0.15, -0.1) is 0 Å². The maximum absolute atomic E-state index is 10.9. The van der Waals surface area contributed by atoms with Crippen LogP contribution in [0, 0.1) is 5.92 Å². The molecule has 1 saturated carbocycles. The summed E-state index contributed by atoms with van der Waals surface area (Å²) in [6.45, 7) is 2.05. The standard InChI is InChI=1S/C18H20N2O3/c21-18(22)16-3-1-2-14(8-16)9-19-10-15-6-7-17(20-11-15)23-12-13-4-5-13/h1-3,6-8,11,13,19H,4-5,9-10,12H2,(H,21,22). The first-order valence-electron chi connectivity index (χ1n) is 7.81. The fourth-order valence-electron chi connectivity index (χ4n) is 2.25. The molecule has 1 aliphatic carbocycles. The summed E-state index contributed by atoms with van der Waals surface area (Å²) in [6, 6.07) is 10.8. The van der Waals surface area contributed by atoms with Gasteiger partial charge in [-0.3, -0.25) is 0 Å². The number of rotatable bonds is 8. The molecule has 2 N–H and O–H groups in total. The average Bonchev–Trinajstić information content (AvgIpc) is 3.39. The number of aromatic carboxylic acids is 1. The Labute approximate surface area is 135 Å². The number of nitrogens with zero attached hydrogens (tertiary/aromatic N) is 1. The van der Waals surface area contributed by atoms with Crippen molar-refractivity contribution in [3.05, 3.63) is 59.3 Å². The number of nitrogens with one attached hydrogen (secondary N) is 1. The average molecular weight is 312 g/mol. The van der Waals surface area contributed by atoms with Crippen LogP contribution in [-0.2, 0) is 13.1 Å². The molecule has 1 aromatic heterocycles. The van der Waals surface area contributed by atoms with E-state index in [1.165, 1.54) is 12.8 Å². The molecule has 1 aromatic carbocycles. The minimum Gasteiger partial charge on any atom is -0.478 e. The van der Waals surface area contributed by atoms with E-state index in [9.17, 15) is 4.79 Å². The normalized spacial score (nSPS) is 13.7. The lowest BCUT2D eigenvalue weighted by Crippen LogP contribution is -2.13. The van der Waals surface area contributed by atoms with Crippen LogP contribution in [0.4, 0.5) is 0 Å². The third kappa shape index (κ3) is 4.79. The van der Waals surface area contributed by atoms with E-state index in [1.54, 1.807) is 18.2 Å². The predicted octanol–water partition coefficient (Wildman–Crippen LogP) is 2.86. The van der Waals surface area contributed by atoms with E-state index in [4.69, 9.17) is 9.84 Å². The molecule has 0 radical (unpaired) electrons. The van der Waals surface area contributed by atoms with Crippen molar-refractivity contribution in [2.45, 2.75) is 25.9 Å². The van der Waals surface area contributed by atoms with E-state index in [0.29, 0.717) is 24.5 Å². The fourth-order valence-corrected chi connectivity index (χ4v) is 2.25. The van der Waals surface area contributed by atoms with E-state index in [1.807, 2.05) is 24.4 Å². The number of hydrogen-bond acceptors (Lipinski definition) is 4. The summed E-state index contributed by atoms with van der Waals surface area (Å²) >= 11 is 0. The minimum absolute atomic E-state index is 0.308. The number of benzene rings is 1. The first kappa shape index (κ1) is 15.5. The number of ether oxygens (including phenoxy) is 1. The van der Waals surface area contributed by atoms with Gasteiger partial charge in [-0.05, 0) is 42.0 Å². The third-order valence-corrected chi connectivity index (χ3v) is 3.79. The Morgan fingerprint density at radius 1 is 1.22 bits per heavy atom. The van der Waals surface area contributed by atoms with Crippen molar-refractivity contribution in [1.29, 1.82) is 0 Å². The Balaban J connectivity index is 1.46. The Morgan fingerprint density at radius 2 is 2.04 bits per heavy atom. The maximum Gasteiger partial charge on any atom is 0.335 e. The Kier molecular flexibility index (Phi) is 4.88. The summed E-state index contributed by atoms with van der Waals surface area (Å²) in [5.41, 5.74) is 2.32. The van der Waals surface area contributed by atoms with E-state index < -0.39 is 5.97 Å². The zero-order chi connectivity index (χ0) is 16.1. The van der Waals surface area contributed by atoms with Gasteiger partial charge < -0.3 is 15.2 Å². The van der Waals surface area contributed by atoms with Crippen LogP contribution in [-0.4, -0.2) is 22.7 Å². The van der Waals surface area contributed by atoms with Gasteiger partial charge in [0.25, 0.3) is 0 Å².